The number of nitrogens with two attached hydrogens (primary N) is 1. The molecule has 0 aliphatic carbocycles. The molecule has 0 saturated heterocycles. The lowest BCUT2D eigenvalue weighted by molar-refractivity contribution is 0.103. The molecule has 4 rings (SSSR count). The third-order valence-corrected chi connectivity index (χ3v) is 6.22. The average molecular weight is 393 g/mol. The molecule has 26 heavy (non-hydrogen) atoms. The molecule has 0 aliphatic rings. The zero-order valence-electron chi connectivity index (χ0n) is 12.7. The molecule has 1 amide bonds. The summed E-state index contributed by atoms with van der Waals surface area (Å²) in [6.45, 7) is 0. The van der Waals surface area contributed by atoms with Gasteiger partial charge in [-0.1, -0.05) is 0 Å². The highest BCUT2D eigenvalue weighted by molar-refractivity contribution is 7.42. The number of rotatable bonds is 2. The molecule has 0 radical (unpaired) electrons. The first-order valence-corrected chi connectivity index (χ1v) is 8.81. The maximum atomic E-state index is 13.7. The molecule has 0 spiro atoms. The van der Waals surface area contributed by atoms with Crippen LogP contribution in [0.4, 0.5) is 20.2 Å². The van der Waals surface area contributed by atoms with Crippen molar-refractivity contribution in [3.05, 3.63) is 51.1 Å². The van der Waals surface area contributed by atoms with Gasteiger partial charge in [-0.2, -0.15) is 0 Å². The Kier molecular flexibility index (Phi) is 3.67. The van der Waals surface area contributed by atoms with Gasteiger partial charge in [0.1, 0.15) is 22.3 Å². The van der Waals surface area contributed by atoms with Gasteiger partial charge in [0.25, 0.3) is 11.5 Å². The predicted octanol–water partition coefficient (Wildman–Crippen LogP) is 3.62. The summed E-state index contributed by atoms with van der Waals surface area (Å²) >= 11 is 2.23. The van der Waals surface area contributed by atoms with E-state index in [9.17, 15) is 23.5 Å². The van der Waals surface area contributed by atoms with E-state index in [4.69, 9.17) is 5.73 Å². The van der Waals surface area contributed by atoms with Crippen LogP contribution in [0.5, 0.6) is 5.75 Å². The maximum Gasteiger partial charge on any atom is 0.268 e. The molecular weight excluding hydrogens is 384 g/mol. The number of amides is 1. The van der Waals surface area contributed by atoms with E-state index in [1.165, 1.54) is 11.3 Å². The standard InChI is InChI=1S/C16H9F2N3O3S2/c17-5-1-2-7(6(18)3-5)20-15(24)14-11(19)10-12-13(25-16(10)26-14)8(22)4-9(23)21-12/h1-4H,19H2,(H,20,24)(H2,21,22,23). The van der Waals surface area contributed by atoms with E-state index in [0.29, 0.717) is 25.7 Å². The lowest BCUT2D eigenvalue weighted by Crippen LogP contribution is -2.13. The van der Waals surface area contributed by atoms with Crippen molar-refractivity contribution in [2.24, 2.45) is 0 Å². The van der Waals surface area contributed by atoms with Crippen LogP contribution >= 0.6 is 22.7 Å². The molecule has 0 aliphatic heterocycles. The number of carbonyl (C=O) groups is 1. The van der Waals surface area contributed by atoms with Crippen molar-refractivity contribution < 1.29 is 18.7 Å². The van der Waals surface area contributed by atoms with Crippen molar-refractivity contribution in [1.29, 1.82) is 0 Å². The fourth-order valence-corrected chi connectivity index (χ4v) is 5.02. The number of anilines is 2. The molecule has 6 nitrogen and oxygen atoms in total. The van der Waals surface area contributed by atoms with Crippen molar-refractivity contribution in [2.75, 3.05) is 11.1 Å². The molecule has 0 atom stereocenters. The third-order valence-electron chi connectivity index (χ3n) is 3.72. The monoisotopic (exact) mass is 393 g/mol. The Morgan fingerprint density at radius 2 is 2.00 bits per heavy atom. The zero-order valence-corrected chi connectivity index (χ0v) is 14.4. The van der Waals surface area contributed by atoms with E-state index in [0.717, 1.165) is 29.5 Å². The number of aromatic nitrogens is 1. The summed E-state index contributed by atoms with van der Waals surface area (Å²) in [5.41, 5.74) is 5.84. The number of fused-ring (bicyclic) bond motifs is 3. The normalized spacial score (nSPS) is 11.3. The number of aromatic hydroxyl groups is 1. The van der Waals surface area contributed by atoms with Crippen LogP contribution in [0, 0.1) is 11.6 Å². The summed E-state index contributed by atoms with van der Waals surface area (Å²) in [4.78, 5) is 26.8. The van der Waals surface area contributed by atoms with Gasteiger partial charge in [-0.3, -0.25) is 9.59 Å². The van der Waals surface area contributed by atoms with Gasteiger partial charge in [0.15, 0.2) is 0 Å². The van der Waals surface area contributed by atoms with Gasteiger partial charge in [-0.15, -0.1) is 22.7 Å². The van der Waals surface area contributed by atoms with Crippen molar-refractivity contribution in [1.82, 2.24) is 4.98 Å². The van der Waals surface area contributed by atoms with Crippen LogP contribution in [-0.2, 0) is 0 Å². The molecule has 0 bridgehead atoms. The summed E-state index contributed by atoms with van der Waals surface area (Å²) in [5, 5.41) is 12.7. The number of halogens is 2. The molecule has 0 fully saturated rings. The second-order valence-corrected chi connectivity index (χ2v) is 7.71. The summed E-state index contributed by atoms with van der Waals surface area (Å²) in [6.07, 6.45) is 0. The summed E-state index contributed by atoms with van der Waals surface area (Å²) in [6, 6.07) is 3.85. The second-order valence-electron chi connectivity index (χ2n) is 5.41. The Balaban J connectivity index is 1.80. The van der Waals surface area contributed by atoms with Crippen molar-refractivity contribution in [2.45, 2.75) is 0 Å². The minimum atomic E-state index is -0.907. The van der Waals surface area contributed by atoms with Crippen LogP contribution in [0.2, 0.25) is 0 Å². The van der Waals surface area contributed by atoms with Crippen LogP contribution < -0.4 is 16.6 Å². The Morgan fingerprint density at radius 1 is 1.23 bits per heavy atom. The highest BCUT2D eigenvalue weighted by Crippen LogP contribution is 2.45. The summed E-state index contributed by atoms with van der Waals surface area (Å²) < 4.78 is 27.8. The summed E-state index contributed by atoms with van der Waals surface area (Å²) in [5.74, 6) is -2.49. The van der Waals surface area contributed by atoms with Crippen molar-refractivity contribution in [3.8, 4) is 5.75 Å². The number of aromatic amines is 1. The number of hydrogen-bond acceptors (Lipinski definition) is 6. The summed E-state index contributed by atoms with van der Waals surface area (Å²) in [7, 11) is 0. The van der Waals surface area contributed by atoms with Gasteiger partial charge in [0.2, 0.25) is 0 Å². The van der Waals surface area contributed by atoms with Crippen LogP contribution in [-0.4, -0.2) is 16.0 Å². The van der Waals surface area contributed by atoms with Gasteiger partial charge in [-0.05, 0) is 12.1 Å². The first kappa shape index (κ1) is 16.5. The fraction of sp³-hybridized carbons (Fsp3) is 0. The van der Waals surface area contributed by atoms with Gasteiger partial charge < -0.3 is 21.1 Å². The molecule has 132 valence electrons. The van der Waals surface area contributed by atoms with Crippen molar-refractivity contribution >= 4 is 59.6 Å². The highest BCUT2D eigenvalue weighted by Gasteiger charge is 2.22. The molecule has 0 saturated carbocycles. The van der Waals surface area contributed by atoms with Gasteiger partial charge >= 0.3 is 0 Å². The molecule has 3 aromatic heterocycles. The molecule has 4 aromatic rings. The van der Waals surface area contributed by atoms with E-state index < -0.39 is 23.1 Å². The van der Waals surface area contributed by atoms with Crippen LogP contribution in [0.3, 0.4) is 0 Å². The first-order chi connectivity index (χ1) is 12.3. The van der Waals surface area contributed by atoms with Gasteiger partial charge in [-0.25, -0.2) is 8.78 Å². The quantitative estimate of drug-likeness (QED) is 0.417. The molecule has 3 heterocycles. The van der Waals surface area contributed by atoms with Crippen molar-refractivity contribution in [3.63, 3.8) is 0 Å². The number of nitrogens with one attached hydrogen (secondary N) is 2. The third kappa shape index (κ3) is 2.50. The number of thiophene rings is 2. The van der Waals surface area contributed by atoms with E-state index in [1.54, 1.807) is 0 Å². The Morgan fingerprint density at radius 3 is 2.73 bits per heavy atom. The molecule has 0 unspecified atom stereocenters. The average Bonchev–Trinajstić information content (AvgIpc) is 3.08. The SMILES string of the molecule is Nc1c(C(=O)Nc2ccc(F)cc2F)sc2sc3c(O)cc(=O)[nH]c3c12. The van der Waals surface area contributed by atoms with Crippen LogP contribution in [0.25, 0.3) is 19.6 Å². The van der Waals surface area contributed by atoms with Gasteiger partial charge in [0.05, 0.1) is 31.0 Å². The van der Waals surface area contributed by atoms with E-state index >= 15 is 0 Å². The molecule has 5 N–H and O–H groups in total. The largest absolute Gasteiger partial charge is 0.506 e. The zero-order chi connectivity index (χ0) is 18.6. The number of hydrogen-bond donors (Lipinski definition) is 4. The lowest BCUT2D eigenvalue weighted by atomic mass is 10.2. The molecular formula is C16H9F2N3O3S2. The number of H-pyrrole nitrogens is 1. The van der Waals surface area contributed by atoms with Crippen LogP contribution in [0.15, 0.2) is 29.1 Å². The topological polar surface area (TPSA) is 108 Å². The Hall–Kier alpha value is -2.98. The lowest BCUT2D eigenvalue weighted by Gasteiger charge is -2.06. The molecule has 10 heteroatoms. The number of carbonyl (C=O) groups excluding carboxylic acids is 1. The highest BCUT2D eigenvalue weighted by atomic mass is 32.2. The Labute approximate surface area is 151 Å². The first-order valence-electron chi connectivity index (χ1n) is 7.18. The Bertz CT molecular complexity index is 1260. The number of pyridine rings is 1. The molecule has 1 aromatic carbocycles. The van der Waals surface area contributed by atoms with E-state index in [-0.39, 0.29) is 22.0 Å². The van der Waals surface area contributed by atoms with Gasteiger partial charge in [0, 0.05) is 12.1 Å². The second kappa shape index (κ2) is 5.78. The van der Waals surface area contributed by atoms with E-state index in [2.05, 4.69) is 10.3 Å². The van der Waals surface area contributed by atoms with E-state index in [1.807, 2.05) is 0 Å². The predicted molar refractivity (Wildman–Crippen MR) is 98.2 cm³/mol. The van der Waals surface area contributed by atoms with Crippen LogP contribution in [0.1, 0.15) is 9.67 Å². The fourth-order valence-electron chi connectivity index (χ4n) is 2.58. The number of benzene rings is 1. The minimum absolute atomic E-state index is 0.109. The smallest absolute Gasteiger partial charge is 0.268 e. The minimum Gasteiger partial charge on any atom is -0.506 e. The number of nitrogen functional groups attached to an aromatic ring is 1. The maximum absolute atomic E-state index is 13.7.